The number of ether oxygens (including phenoxy) is 2. The first-order valence-electron chi connectivity index (χ1n) is 12.7. The van der Waals surface area contributed by atoms with Crippen LogP contribution in [-0.2, 0) is 16.0 Å². The number of nitrogens with one attached hydrogen (secondary N) is 2. The lowest BCUT2D eigenvalue weighted by Gasteiger charge is -2.25. The van der Waals surface area contributed by atoms with Gasteiger partial charge in [-0.1, -0.05) is 36.4 Å². The second-order valence-electron chi connectivity index (χ2n) is 9.31. The van der Waals surface area contributed by atoms with Crippen LogP contribution in [0.5, 0.6) is 5.75 Å². The highest BCUT2D eigenvalue weighted by Crippen LogP contribution is 2.35. The smallest absolute Gasteiger partial charge is 0.248 e. The summed E-state index contributed by atoms with van der Waals surface area (Å²) in [5.74, 6) is 1.79. The Kier molecular flexibility index (Phi) is 8.05. The van der Waals surface area contributed by atoms with E-state index in [2.05, 4.69) is 37.6 Å². The molecule has 3 aromatic rings. The molecule has 1 amide bonds. The summed E-state index contributed by atoms with van der Waals surface area (Å²) in [6.45, 7) is 5.36. The first kappa shape index (κ1) is 24.2. The van der Waals surface area contributed by atoms with E-state index in [0.29, 0.717) is 24.0 Å². The summed E-state index contributed by atoms with van der Waals surface area (Å²) in [7, 11) is 0. The van der Waals surface area contributed by atoms with Gasteiger partial charge in [0.15, 0.2) is 0 Å². The van der Waals surface area contributed by atoms with Crippen molar-refractivity contribution in [2.75, 3.05) is 56.6 Å². The van der Waals surface area contributed by atoms with E-state index in [-0.39, 0.29) is 5.91 Å². The number of carbonyl (C=O) groups excluding carboxylic acids is 1. The molecule has 1 aromatic heterocycles. The molecule has 8 nitrogen and oxygen atoms in total. The number of nitrogens with zero attached hydrogens (tertiary/aromatic N) is 3. The van der Waals surface area contributed by atoms with Crippen LogP contribution < -0.4 is 15.4 Å². The van der Waals surface area contributed by atoms with Crippen molar-refractivity contribution >= 4 is 28.3 Å². The molecule has 1 aliphatic carbocycles. The molecule has 0 radical (unpaired) electrons. The highest BCUT2D eigenvalue weighted by molar-refractivity contribution is 6.03. The number of hydrogen-bond donors (Lipinski definition) is 2. The maximum absolute atomic E-state index is 12.8. The van der Waals surface area contributed by atoms with Gasteiger partial charge >= 0.3 is 0 Å². The molecule has 0 bridgehead atoms. The minimum Gasteiger partial charge on any atom is -0.491 e. The number of fused-ring (bicyclic) bond motifs is 1. The van der Waals surface area contributed by atoms with Crippen molar-refractivity contribution in [3.63, 3.8) is 0 Å². The second-order valence-corrected chi connectivity index (χ2v) is 9.31. The number of rotatable bonds is 11. The quantitative estimate of drug-likeness (QED) is 0.397. The average molecular weight is 488 g/mol. The van der Waals surface area contributed by atoms with Gasteiger partial charge in [-0.2, -0.15) is 0 Å². The van der Waals surface area contributed by atoms with E-state index in [1.807, 2.05) is 36.4 Å². The molecular formula is C28H33N5O3. The van der Waals surface area contributed by atoms with Crippen LogP contribution in [0, 0.1) is 5.92 Å². The van der Waals surface area contributed by atoms with E-state index in [4.69, 9.17) is 9.47 Å². The number of aromatic nitrogens is 2. The second kappa shape index (κ2) is 12.0. The fourth-order valence-corrected chi connectivity index (χ4v) is 4.17. The maximum atomic E-state index is 12.8. The van der Waals surface area contributed by atoms with E-state index < -0.39 is 0 Å². The Morgan fingerprint density at radius 3 is 2.78 bits per heavy atom. The lowest BCUT2D eigenvalue weighted by molar-refractivity contribution is -0.111. The molecule has 36 heavy (non-hydrogen) atoms. The van der Waals surface area contributed by atoms with Gasteiger partial charge in [-0.15, -0.1) is 0 Å². The number of benzene rings is 2. The van der Waals surface area contributed by atoms with Gasteiger partial charge in [0.05, 0.1) is 31.0 Å². The van der Waals surface area contributed by atoms with Crippen LogP contribution in [0.25, 0.3) is 10.9 Å². The molecule has 2 aliphatic rings. The highest BCUT2D eigenvalue weighted by atomic mass is 16.5. The molecule has 5 rings (SSSR count). The van der Waals surface area contributed by atoms with E-state index in [1.54, 1.807) is 12.4 Å². The largest absolute Gasteiger partial charge is 0.491 e. The molecule has 2 fully saturated rings. The van der Waals surface area contributed by atoms with E-state index in [1.165, 1.54) is 18.4 Å². The van der Waals surface area contributed by atoms with Crippen molar-refractivity contribution in [1.82, 2.24) is 14.9 Å². The number of hydrogen-bond acceptors (Lipinski definition) is 7. The Morgan fingerprint density at radius 2 is 1.97 bits per heavy atom. The third kappa shape index (κ3) is 6.80. The lowest BCUT2D eigenvalue weighted by atomic mass is 10.1. The molecule has 2 heterocycles. The Morgan fingerprint density at radius 1 is 1.14 bits per heavy atom. The summed E-state index contributed by atoms with van der Waals surface area (Å²) in [6, 6.07) is 14.1. The minimum absolute atomic E-state index is 0.186. The molecule has 1 saturated carbocycles. The molecule has 0 unspecified atom stereocenters. The Bertz CT molecular complexity index is 1190. The van der Waals surface area contributed by atoms with Crippen molar-refractivity contribution in [3.8, 4) is 5.75 Å². The number of carbonyl (C=O) groups is 1. The Balaban J connectivity index is 1.30. The number of morpholine rings is 1. The Labute approximate surface area is 211 Å². The molecular weight excluding hydrogens is 454 g/mol. The Hall–Kier alpha value is -3.49. The summed E-state index contributed by atoms with van der Waals surface area (Å²) in [5.41, 5.74) is 2.67. The molecule has 8 heteroatoms. The monoisotopic (exact) mass is 487 g/mol. The van der Waals surface area contributed by atoms with Gasteiger partial charge in [-0.05, 0) is 36.8 Å². The van der Waals surface area contributed by atoms with Gasteiger partial charge in [-0.25, -0.2) is 9.97 Å². The average Bonchev–Trinajstić information content (AvgIpc) is 3.74. The summed E-state index contributed by atoms with van der Waals surface area (Å²) in [6.07, 6.45) is 8.31. The third-order valence-electron chi connectivity index (χ3n) is 6.45. The maximum Gasteiger partial charge on any atom is 0.248 e. The van der Waals surface area contributed by atoms with Crippen molar-refractivity contribution < 1.29 is 14.3 Å². The molecule has 1 saturated heterocycles. The zero-order valence-electron chi connectivity index (χ0n) is 20.5. The molecule has 0 atom stereocenters. The first-order valence-corrected chi connectivity index (χ1v) is 12.7. The summed E-state index contributed by atoms with van der Waals surface area (Å²) >= 11 is 0. The normalized spacial score (nSPS) is 16.3. The van der Waals surface area contributed by atoms with Crippen molar-refractivity contribution in [3.05, 3.63) is 66.5 Å². The first-order chi connectivity index (χ1) is 17.7. The van der Waals surface area contributed by atoms with Crippen LogP contribution in [0.4, 0.5) is 11.5 Å². The highest BCUT2D eigenvalue weighted by Gasteiger charge is 2.23. The number of anilines is 2. The van der Waals surface area contributed by atoms with Crippen LogP contribution in [0.3, 0.4) is 0 Å². The van der Waals surface area contributed by atoms with E-state index >= 15 is 0 Å². The standard InChI is InChI=1S/C28H33N5O3/c34-27(7-4-12-33-13-15-35-16-14-33)32-25-17-23-24(18-26(25)36-19-22-8-9-22)30-20-31-28(23)29-11-10-21-5-2-1-3-6-21/h1-7,17-18,20,22H,8-16,19H2,(H,32,34)(H,29,30,31). The topological polar surface area (TPSA) is 88.6 Å². The minimum atomic E-state index is -0.186. The van der Waals surface area contributed by atoms with Crippen LogP contribution in [0.2, 0.25) is 0 Å². The molecule has 188 valence electrons. The SMILES string of the molecule is O=C(C=CCN1CCOCC1)Nc1cc2c(NCCc3ccccc3)ncnc2cc1OCC1CC1. The van der Waals surface area contributed by atoms with Crippen molar-refractivity contribution in [2.24, 2.45) is 5.92 Å². The zero-order chi connectivity index (χ0) is 24.6. The summed E-state index contributed by atoms with van der Waals surface area (Å²) < 4.78 is 11.5. The van der Waals surface area contributed by atoms with Gasteiger partial charge in [0.2, 0.25) is 5.91 Å². The van der Waals surface area contributed by atoms with Crippen molar-refractivity contribution in [2.45, 2.75) is 19.3 Å². The molecule has 2 N–H and O–H groups in total. The van der Waals surface area contributed by atoms with E-state index in [9.17, 15) is 4.79 Å². The fourth-order valence-electron chi connectivity index (χ4n) is 4.17. The van der Waals surface area contributed by atoms with Crippen molar-refractivity contribution in [1.29, 1.82) is 0 Å². The van der Waals surface area contributed by atoms with Crippen LogP contribution in [0.15, 0.2) is 60.9 Å². The summed E-state index contributed by atoms with van der Waals surface area (Å²) in [5, 5.41) is 7.29. The summed E-state index contributed by atoms with van der Waals surface area (Å²) in [4.78, 5) is 24.0. The van der Waals surface area contributed by atoms with Crippen LogP contribution >= 0.6 is 0 Å². The van der Waals surface area contributed by atoms with Crippen LogP contribution in [-0.4, -0.2) is 66.8 Å². The van der Waals surface area contributed by atoms with Gasteiger partial charge in [-0.3, -0.25) is 9.69 Å². The van der Waals surface area contributed by atoms with Gasteiger partial charge in [0.25, 0.3) is 0 Å². The lowest BCUT2D eigenvalue weighted by Crippen LogP contribution is -2.36. The van der Waals surface area contributed by atoms with E-state index in [0.717, 1.165) is 62.5 Å². The van der Waals surface area contributed by atoms with Gasteiger partial charge < -0.3 is 20.1 Å². The predicted molar refractivity (Wildman–Crippen MR) is 141 cm³/mol. The molecule has 1 aliphatic heterocycles. The molecule has 2 aromatic carbocycles. The van der Waals surface area contributed by atoms with Gasteiger partial charge in [0.1, 0.15) is 17.9 Å². The number of amides is 1. The van der Waals surface area contributed by atoms with Crippen LogP contribution in [0.1, 0.15) is 18.4 Å². The fraction of sp³-hybridized carbons (Fsp3) is 0.393. The zero-order valence-corrected chi connectivity index (χ0v) is 20.5. The molecule has 0 spiro atoms. The third-order valence-corrected chi connectivity index (χ3v) is 6.45. The van der Waals surface area contributed by atoms with Gasteiger partial charge in [0, 0.05) is 43.7 Å². The predicted octanol–water partition coefficient (Wildman–Crippen LogP) is 3.90.